The van der Waals surface area contributed by atoms with E-state index in [2.05, 4.69) is 4.74 Å². The van der Waals surface area contributed by atoms with Crippen molar-refractivity contribution in [3.05, 3.63) is 63.7 Å². The third-order valence-corrected chi connectivity index (χ3v) is 6.68. The van der Waals surface area contributed by atoms with Gasteiger partial charge in [0, 0.05) is 6.42 Å². The van der Waals surface area contributed by atoms with Crippen LogP contribution in [0.1, 0.15) is 58.7 Å². The molecule has 1 aliphatic heterocycles. The van der Waals surface area contributed by atoms with Crippen LogP contribution in [0.5, 0.6) is 5.75 Å². The van der Waals surface area contributed by atoms with Gasteiger partial charge in [-0.3, -0.25) is 0 Å². The van der Waals surface area contributed by atoms with Gasteiger partial charge < -0.3 is 24.8 Å². The number of rotatable bonds is 5. The van der Waals surface area contributed by atoms with E-state index in [9.17, 15) is 28.5 Å². The molecule has 0 amide bonds. The fraction of sp³-hybridized carbons (Fsp3) is 0.520. The van der Waals surface area contributed by atoms with Gasteiger partial charge in [-0.1, -0.05) is 18.2 Å². The van der Waals surface area contributed by atoms with E-state index in [0.29, 0.717) is 6.42 Å². The van der Waals surface area contributed by atoms with Crippen molar-refractivity contribution >= 4 is 0 Å². The molecule has 3 N–H and O–H groups in total. The predicted molar refractivity (Wildman–Crippen MR) is 115 cm³/mol. The zero-order valence-corrected chi connectivity index (χ0v) is 18.4. The van der Waals surface area contributed by atoms with Crippen LogP contribution in [0.25, 0.3) is 0 Å². The van der Waals surface area contributed by atoms with Crippen molar-refractivity contribution in [1.29, 1.82) is 0 Å². The van der Waals surface area contributed by atoms with Crippen molar-refractivity contribution < 1.29 is 38.0 Å². The van der Waals surface area contributed by atoms with Crippen molar-refractivity contribution in [1.82, 2.24) is 0 Å². The van der Waals surface area contributed by atoms with E-state index >= 15 is 0 Å². The molecule has 1 fully saturated rings. The Hall–Kier alpha value is -2.13. The lowest BCUT2D eigenvalue weighted by Crippen LogP contribution is -2.45. The highest BCUT2D eigenvalue weighted by Gasteiger charge is 2.39. The van der Waals surface area contributed by atoms with Gasteiger partial charge in [0.2, 0.25) is 0 Å². The summed E-state index contributed by atoms with van der Waals surface area (Å²) in [5.74, 6) is -0.263. The van der Waals surface area contributed by atoms with Gasteiger partial charge in [-0.25, -0.2) is 0 Å². The Balaban J connectivity index is 1.68. The second-order valence-electron chi connectivity index (χ2n) is 8.94. The molecule has 1 aliphatic carbocycles. The van der Waals surface area contributed by atoms with Gasteiger partial charge in [0.05, 0.1) is 18.8 Å². The monoisotopic (exact) mass is 466 g/mol. The lowest BCUT2D eigenvalue weighted by atomic mass is 9.79. The maximum atomic E-state index is 12.5. The van der Waals surface area contributed by atoms with E-state index in [1.54, 1.807) is 12.1 Å². The van der Waals surface area contributed by atoms with Crippen molar-refractivity contribution in [3.63, 3.8) is 0 Å². The van der Waals surface area contributed by atoms with Crippen LogP contribution in [0, 0.1) is 6.92 Å². The summed E-state index contributed by atoms with van der Waals surface area (Å²) in [6, 6.07) is 7.84. The fourth-order valence-electron chi connectivity index (χ4n) is 5.04. The van der Waals surface area contributed by atoms with Crippen LogP contribution in [0.15, 0.2) is 30.3 Å². The first-order chi connectivity index (χ1) is 15.7. The van der Waals surface area contributed by atoms with Gasteiger partial charge in [-0.2, -0.15) is 0 Å². The Labute approximate surface area is 190 Å². The van der Waals surface area contributed by atoms with E-state index in [-0.39, 0.29) is 18.8 Å². The number of alkyl halides is 3. The molecule has 0 aromatic heterocycles. The van der Waals surface area contributed by atoms with Crippen molar-refractivity contribution in [2.75, 3.05) is 6.61 Å². The fourth-order valence-corrected chi connectivity index (χ4v) is 5.04. The van der Waals surface area contributed by atoms with Crippen LogP contribution in [0.4, 0.5) is 13.2 Å². The number of hydrogen-bond acceptors (Lipinski definition) is 5. The first-order valence-electron chi connectivity index (χ1n) is 11.3. The molecular weight excluding hydrogens is 437 g/mol. The average Bonchev–Trinajstić information content (AvgIpc) is 2.78. The van der Waals surface area contributed by atoms with Crippen LogP contribution in [0.3, 0.4) is 0 Å². The molecule has 180 valence electrons. The summed E-state index contributed by atoms with van der Waals surface area (Å²) in [5, 5.41) is 30.6. The zero-order chi connectivity index (χ0) is 23.8. The number of hydrogen-bond donors (Lipinski definition) is 3. The minimum absolute atomic E-state index is 0.164. The molecule has 4 rings (SSSR count). The Morgan fingerprint density at radius 1 is 1.06 bits per heavy atom. The second-order valence-corrected chi connectivity index (χ2v) is 8.94. The van der Waals surface area contributed by atoms with Crippen molar-refractivity contribution in [2.24, 2.45) is 0 Å². The Morgan fingerprint density at radius 2 is 1.73 bits per heavy atom. The van der Waals surface area contributed by atoms with Gasteiger partial charge in [-0.15, -0.1) is 13.2 Å². The molecule has 5 nitrogen and oxygen atoms in total. The topological polar surface area (TPSA) is 79.2 Å². The molecule has 33 heavy (non-hydrogen) atoms. The smallest absolute Gasteiger partial charge is 0.406 e. The molecule has 1 heterocycles. The molecular formula is C25H29F3O5. The molecule has 4 atom stereocenters. The number of fused-ring (bicyclic) bond motifs is 1. The van der Waals surface area contributed by atoms with E-state index in [4.69, 9.17) is 4.74 Å². The van der Waals surface area contributed by atoms with Crippen LogP contribution in [-0.4, -0.2) is 46.6 Å². The van der Waals surface area contributed by atoms with Gasteiger partial charge >= 0.3 is 6.36 Å². The van der Waals surface area contributed by atoms with Gasteiger partial charge in [0.1, 0.15) is 18.0 Å². The lowest BCUT2D eigenvalue weighted by molar-refractivity contribution is -0.274. The third kappa shape index (κ3) is 5.35. The molecule has 2 aromatic carbocycles. The van der Waals surface area contributed by atoms with E-state index in [0.717, 1.165) is 47.9 Å². The number of halogens is 3. The number of benzene rings is 2. The standard InChI is InChI=1S/C25H29F3O5/c1-14-19-4-2-3-5-20(19)16(10-15-6-8-17(9-7-15)33-25(26,27)28)11-21(14)24-23(31)22(30)12-18(13-29)32-24/h6-9,11,18,22-24,29-31H,2-5,10,12-13H2,1H3/t18-,22-,23?,24-/m0/s1. The Bertz CT molecular complexity index is 973. The molecule has 1 saturated heterocycles. The quantitative estimate of drug-likeness (QED) is 0.623. The predicted octanol–water partition coefficient (Wildman–Crippen LogP) is 3.91. The maximum absolute atomic E-state index is 12.5. The lowest BCUT2D eigenvalue weighted by Gasteiger charge is -2.38. The van der Waals surface area contributed by atoms with Crippen molar-refractivity contribution in [3.8, 4) is 5.75 Å². The van der Waals surface area contributed by atoms with Gasteiger partial charge in [-0.05, 0) is 84.5 Å². The summed E-state index contributed by atoms with van der Waals surface area (Å²) in [5.41, 5.74) is 6.13. The molecule has 2 aliphatic rings. The molecule has 0 saturated carbocycles. The van der Waals surface area contributed by atoms with E-state index < -0.39 is 30.8 Å². The zero-order valence-electron chi connectivity index (χ0n) is 18.4. The van der Waals surface area contributed by atoms with Gasteiger partial charge in [0.25, 0.3) is 0 Å². The SMILES string of the molecule is Cc1c([C@@H]2O[C@H](CO)C[C@H](O)C2O)cc(Cc2ccc(OC(F)(F)F)cc2)c2c1CCCC2. The normalized spacial score (nSPS) is 25.5. The second kappa shape index (κ2) is 9.62. The first kappa shape index (κ1) is 24.0. The number of ether oxygens (including phenoxy) is 2. The summed E-state index contributed by atoms with van der Waals surface area (Å²) < 4.78 is 47.3. The molecule has 0 spiro atoms. The Kier molecular flexibility index (Phi) is 7.00. The summed E-state index contributed by atoms with van der Waals surface area (Å²) in [4.78, 5) is 0. The average molecular weight is 466 g/mol. The first-order valence-corrected chi connectivity index (χ1v) is 11.3. The molecule has 0 radical (unpaired) electrons. The highest BCUT2D eigenvalue weighted by molar-refractivity contribution is 5.50. The third-order valence-electron chi connectivity index (χ3n) is 6.68. The van der Waals surface area contributed by atoms with Crippen molar-refractivity contribution in [2.45, 2.75) is 76.2 Å². The molecule has 8 heteroatoms. The summed E-state index contributed by atoms with van der Waals surface area (Å²) in [6.45, 7) is 1.75. The largest absolute Gasteiger partial charge is 0.573 e. The molecule has 0 bridgehead atoms. The van der Waals surface area contributed by atoms with Crippen LogP contribution in [0.2, 0.25) is 0 Å². The Morgan fingerprint density at radius 3 is 2.36 bits per heavy atom. The summed E-state index contributed by atoms with van der Waals surface area (Å²) in [7, 11) is 0. The number of aliphatic hydroxyl groups is 3. The van der Waals surface area contributed by atoms with Crippen LogP contribution >= 0.6 is 0 Å². The highest BCUT2D eigenvalue weighted by Crippen LogP contribution is 2.39. The maximum Gasteiger partial charge on any atom is 0.573 e. The highest BCUT2D eigenvalue weighted by atomic mass is 19.4. The summed E-state index contributed by atoms with van der Waals surface area (Å²) in [6.07, 6.45) is -3.57. The van der Waals surface area contributed by atoms with Gasteiger partial charge in [0.15, 0.2) is 0 Å². The summed E-state index contributed by atoms with van der Waals surface area (Å²) >= 11 is 0. The molecule has 1 unspecified atom stereocenters. The minimum Gasteiger partial charge on any atom is -0.406 e. The van der Waals surface area contributed by atoms with Crippen LogP contribution in [-0.2, 0) is 24.0 Å². The minimum atomic E-state index is -4.73. The van der Waals surface area contributed by atoms with Crippen LogP contribution < -0.4 is 4.74 Å². The molecule has 2 aromatic rings. The number of aliphatic hydroxyl groups excluding tert-OH is 3. The van der Waals surface area contributed by atoms with E-state index in [1.165, 1.54) is 23.3 Å². The van der Waals surface area contributed by atoms with E-state index in [1.807, 2.05) is 13.0 Å².